The van der Waals surface area contributed by atoms with Gasteiger partial charge < -0.3 is 5.32 Å². The van der Waals surface area contributed by atoms with Gasteiger partial charge in [0.15, 0.2) is 0 Å². The van der Waals surface area contributed by atoms with Crippen LogP contribution in [0.5, 0.6) is 0 Å². The number of hydrogen-bond acceptors (Lipinski definition) is 3. The number of aryl methyl sites for hydroxylation is 1. The number of amides is 3. The molecule has 27 heavy (non-hydrogen) atoms. The average Bonchev–Trinajstić information content (AvgIpc) is 2.92. The van der Waals surface area contributed by atoms with Gasteiger partial charge in [-0.25, -0.2) is 0 Å². The Morgan fingerprint density at radius 1 is 1.04 bits per heavy atom. The smallest absolute Gasteiger partial charge is 0.233 e. The highest BCUT2D eigenvalue weighted by atomic mass is 16.2. The normalized spacial score (nSPS) is 22.0. The zero-order chi connectivity index (χ0) is 19.2. The van der Waals surface area contributed by atoms with E-state index in [9.17, 15) is 14.4 Å². The molecule has 1 saturated heterocycles. The van der Waals surface area contributed by atoms with Crippen molar-refractivity contribution in [2.45, 2.75) is 64.7 Å². The molecule has 1 aliphatic heterocycles. The third-order valence-electron chi connectivity index (χ3n) is 5.80. The maximum atomic E-state index is 12.4. The number of carbonyl (C=O) groups excluding carboxylic acids is 3. The highest BCUT2D eigenvalue weighted by molar-refractivity contribution is 6.05. The lowest BCUT2D eigenvalue weighted by Crippen LogP contribution is -2.34. The Morgan fingerprint density at radius 2 is 1.67 bits per heavy atom. The molecule has 2 atom stereocenters. The molecule has 0 radical (unpaired) electrons. The Morgan fingerprint density at radius 3 is 2.26 bits per heavy atom. The minimum atomic E-state index is -0.163. The van der Waals surface area contributed by atoms with Gasteiger partial charge in [-0.3, -0.25) is 19.3 Å². The van der Waals surface area contributed by atoms with Crippen molar-refractivity contribution in [2.24, 2.45) is 11.8 Å². The fourth-order valence-corrected chi connectivity index (χ4v) is 4.22. The molecule has 5 nitrogen and oxygen atoms in total. The summed E-state index contributed by atoms with van der Waals surface area (Å²) in [5.41, 5.74) is 2.03. The zero-order valence-corrected chi connectivity index (χ0v) is 16.2. The Kier molecular flexibility index (Phi) is 6.64. The van der Waals surface area contributed by atoms with E-state index in [-0.39, 0.29) is 42.5 Å². The SMILES string of the molecule is CCCCCc1ccc(NC(=O)CCN2C(=O)[C@H]3CCCC[C@@H]3C2=O)cc1. The fourth-order valence-electron chi connectivity index (χ4n) is 4.22. The third-order valence-corrected chi connectivity index (χ3v) is 5.80. The van der Waals surface area contributed by atoms with E-state index in [0.29, 0.717) is 0 Å². The molecule has 1 aliphatic carbocycles. The van der Waals surface area contributed by atoms with Gasteiger partial charge in [-0.2, -0.15) is 0 Å². The predicted octanol–water partition coefficient (Wildman–Crippen LogP) is 3.92. The summed E-state index contributed by atoms with van der Waals surface area (Å²) in [6.07, 6.45) is 8.48. The molecular weight excluding hydrogens is 340 g/mol. The van der Waals surface area contributed by atoms with Gasteiger partial charge in [0, 0.05) is 18.7 Å². The molecule has 0 bridgehead atoms. The van der Waals surface area contributed by atoms with Gasteiger partial charge in [-0.15, -0.1) is 0 Å². The van der Waals surface area contributed by atoms with Crippen LogP contribution in [0, 0.1) is 11.8 Å². The third kappa shape index (κ3) is 4.76. The summed E-state index contributed by atoms with van der Waals surface area (Å²) in [6, 6.07) is 7.92. The highest BCUT2D eigenvalue weighted by Gasteiger charge is 2.47. The van der Waals surface area contributed by atoms with Crippen LogP contribution < -0.4 is 5.32 Å². The van der Waals surface area contributed by atoms with E-state index in [2.05, 4.69) is 12.2 Å². The molecule has 1 aromatic rings. The molecular formula is C22H30N2O3. The van der Waals surface area contributed by atoms with E-state index in [1.54, 1.807) is 0 Å². The molecule has 3 rings (SSSR count). The monoisotopic (exact) mass is 370 g/mol. The van der Waals surface area contributed by atoms with Crippen molar-refractivity contribution < 1.29 is 14.4 Å². The van der Waals surface area contributed by atoms with Crippen LogP contribution in [0.3, 0.4) is 0 Å². The van der Waals surface area contributed by atoms with E-state index < -0.39 is 0 Å². The first-order valence-electron chi connectivity index (χ1n) is 10.3. The van der Waals surface area contributed by atoms with E-state index >= 15 is 0 Å². The van der Waals surface area contributed by atoms with Gasteiger partial charge in [-0.1, -0.05) is 44.7 Å². The van der Waals surface area contributed by atoms with Crippen molar-refractivity contribution in [2.75, 3.05) is 11.9 Å². The lowest BCUT2D eigenvalue weighted by molar-refractivity contribution is -0.140. The minimum Gasteiger partial charge on any atom is -0.326 e. The number of anilines is 1. The van der Waals surface area contributed by atoms with Crippen LogP contribution in [0.4, 0.5) is 5.69 Å². The second-order valence-corrected chi connectivity index (χ2v) is 7.78. The number of hydrogen-bond donors (Lipinski definition) is 1. The topological polar surface area (TPSA) is 66.5 Å². The first-order chi connectivity index (χ1) is 13.1. The zero-order valence-electron chi connectivity index (χ0n) is 16.2. The quantitative estimate of drug-likeness (QED) is 0.557. The van der Waals surface area contributed by atoms with Gasteiger partial charge in [0.05, 0.1) is 11.8 Å². The Hall–Kier alpha value is -2.17. The van der Waals surface area contributed by atoms with E-state index in [0.717, 1.165) is 37.8 Å². The Labute approximate surface area is 161 Å². The van der Waals surface area contributed by atoms with Crippen molar-refractivity contribution in [3.05, 3.63) is 29.8 Å². The summed E-state index contributed by atoms with van der Waals surface area (Å²) in [6.45, 7) is 2.38. The molecule has 0 unspecified atom stereocenters. The van der Waals surface area contributed by atoms with Gasteiger partial charge in [-0.05, 0) is 43.4 Å². The van der Waals surface area contributed by atoms with Crippen LogP contribution in [0.2, 0.25) is 0 Å². The highest BCUT2D eigenvalue weighted by Crippen LogP contribution is 2.37. The summed E-state index contributed by atoms with van der Waals surface area (Å²) in [5.74, 6) is -0.601. The van der Waals surface area contributed by atoms with Crippen LogP contribution in [0.25, 0.3) is 0 Å². The second kappa shape index (κ2) is 9.16. The van der Waals surface area contributed by atoms with Gasteiger partial charge in [0.2, 0.25) is 17.7 Å². The van der Waals surface area contributed by atoms with Crippen molar-refractivity contribution in [3.8, 4) is 0 Å². The van der Waals surface area contributed by atoms with Crippen LogP contribution in [-0.2, 0) is 20.8 Å². The number of nitrogens with one attached hydrogen (secondary N) is 1. The summed E-state index contributed by atoms with van der Waals surface area (Å²) in [4.78, 5) is 38.4. The number of unbranched alkanes of at least 4 members (excludes halogenated alkanes) is 2. The lowest BCUT2D eigenvalue weighted by atomic mass is 9.81. The summed E-state index contributed by atoms with van der Waals surface area (Å²) < 4.78 is 0. The molecule has 5 heteroatoms. The van der Waals surface area contributed by atoms with Crippen LogP contribution in [0.15, 0.2) is 24.3 Å². The number of carbonyl (C=O) groups is 3. The Bertz CT molecular complexity index is 659. The number of rotatable bonds is 8. The fraction of sp³-hybridized carbons (Fsp3) is 0.591. The summed E-state index contributed by atoms with van der Waals surface area (Å²) >= 11 is 0. The molecule has 1 N–H and O–H groups in total. The largest absolute Gasteiger partial charge is 0.326 e. The molecule has 2 aliphatic rings. The molecule has 1 aromatic carbocycles. The number of fused-ring (bicyclic) bond motifs is 1. The first-order valence-corrected chi connectivity index (χ1v) is 10.3. The average molecular weight is 370 g/mol. The standard InChI is InChI=1S/C22H30N2O3/c1-2-3-4-7-16-10-12-17(13-11-16)23-20(25)14-15-24-21(26)18-8-5-6-9-19(18)22(24)27/h10-13,18-19H,2-9,14-15H2,1H3,(H,23,25)/t18-,19-/m0/s1. The van der Waals surface area contributed by atoms with Crippen molar-refractivity contribution >= 4 is 23.4 Å². The molecule has 1 saturated carbocycles. The number of nitrogens with zero attached hydrogens (tertiary/aromatic N) is 1. The maximum Gasteiger partial charge on any atom is 0.233 e. The van der Waals surface area contributed by atoms with E-state index in [4.69, 9.17) is 0 Å². The lowest BCUT2D eigenvalue weighted by Gasteiger charge is -2.19. The number of benzene rings is 1. The molecule has 3 amide bonds. The van der Waals surface area contributed by atoms with Crippen LogP contribution in [-0.4, -0.2) is 29.2 Å². The molecule has 1 heterocycles. The predicted molar refractivity (Wildman–Crippen MR) is 105 cm³/mol. The molecule has 2 fully saturated rings. The van der Waals surface area contributed by atoms with E-state index in [1.165, 1.54) is 29.7 Å². The molecule has 0 spiro atoms. The number of imide groups is 1. The second-order valence-electron chi connectivity index (χ2n) is 7.78. The van der Waals surface area contributed by atoms with Crippen molar-refractivity contribution in [1.29, 1.82) is 0 Å². The van der Waals surface area contributed by atoms with Crippen molar-refractivity contribution in [1.82, 2.24) is 4.90 Å². The maximum absolute atomic E-state index is 12.4. The molecule has 146 valence electrons. The summed E-state index contributed by atoms with van der Waals surface area (Å²) in [7, 11) is 0. The van der Waals surface area contributed by atoms with Crippen molar-refractivity contribution in [3.63, 3.8) is 0 Å². The van der Waals surface area contributed by atoms with Gasteiger partial charge >= 0.3 is 0 Å². The van der Waals surface area contributed by atoms with Crippen LogP contribution >= 0.6 is 0 Å². The molecule has 0 aromatic heterocycles. The van der Waals surface area contributed by atoms with Crippen LogP contribution in [0.1, 0.15) is 63.9 Å². The Balaban J connectivity index is 1.47. The van der Waals surface area contributed by atoms with Gasteiger partial charge in [0.1, 0.15) is 0 Å². The van der Waals surface area contributed by atoms with Gasteiger partial charge in [0.25, 0.3) is 0 Å². The summed E-state index contributed by atoms with van der Waals surface area (Å²) in [5, 5.41) is 2.86. The first kappa shape index (κ1) is 19.6. The number of likely N-dealkylation sites (tertiary alicyclic amines) is 1. The van der Waals surface area contributed by atoms with E-state index in [1.807, 2.05) is 24.3 Å². The minimum absolute atomic E-state index is 0.0751.